The molecule has 1 rings (SSSR count). The largest absolute Gasteiger partial charge is 0.318 e. The summed E-state index contributed by atoms with van der Waals surface area (Å²) in [5.41, 5.74) is 0. The normalized spacial score (nSPS) is 27.7. The predicted molar refractivity (Wildman–Crippen MR) is 76.4 cm³/mol. The van der Waals surface area contributed by atoms with Gasteiger partial charge in [-0.1, -0.05) is 27.2 Å². The van der Waals surface area contributed by atoms with Crippen LogP contribution >= 0.6 is 0 Å². The van der Waals surface area contributed by atoms with Gasteiger partial charge in [-0.2, -0.15) is 0 Å². The Morgan fingerprint density at radius 3 is 2.18 bits per heavy atom. The molecule has 0 amide bonds. The number of nitrogens with zero attached hydrogens (tertiary/aromatic N) is 1. The molecule has 1 aliphatic rings. The summed E-state index contributed by atoms with van der Waals surface area (Å²) in [4.78, 5) is 2.65. The molecule has 1 fully saturated rings. The molecule has 0 spiro atoms. The van der Waals surface area contributed by atoms with Gasteiger partial charge in [-0.3, -0.25) is 4.90 Å². The highest BCUT2D eigenvalue weighted by Crippen LogP contribution is 2.30. The predicted octanol–water partition coefficient (Wildman–Crippen LogP) is 3.13. The van der Waals surface area contributed by atoms with E-state index in [1.54, 1.807) is 0 Å². The molecule has 2 heteroatoms. The van der Waals surface area contributed by atoms with Crippen LogP contribution < -0.4 is 5.32 Å². The van der Waals surface area contributed by atoms with Crippen LogP contribution in [0.25, 0.3) is 0 Å². The van der Waals surface area contributed by atoms with Crippen LogP contribution in [0.15, 0.2) is 0 Å². The van der Waals surface area contributed by atoms with Crippen LogP contribution in [-0.2, 0) is 0 Å². The zero-order chi connectivity index (χ0) is 12.8. The van der Waals surface area contributed by atoms with Crippen LogP contribution in [0.1, 0.15) is 52.9 Å². The Kier molecular flexibility index (Phi) is 6.50. The highest BCUT2D eigenvalue weighted by molar-refractivity contribution is 4.84. The van der Waals surface area contributed by atoms with Crippen molar-refractivity contribution in [2.24, 2.45) is 11.8 Å². The van der Waals surface area contributed by atoms with E-state index in [1.807, 2.05) is 0 Å². The maximum absolute atomic E-state index is 3.35. The van der Waals surface area contributed by atoms with E-state index in [9.17, 15) is 0 Å². The van der Waals surface area contributed by atoms with Crippen LogP contribution in [0.2, 0.25) is 0 Å². The number of nitrogens with one attached hydrogen (secondary N) is 1. The third kappa shape index (κ3) is 4.26. The fraction of sp³-hybridized carbons (Fsp3) is 1.00. The molecular formula is C15H32N2. The Morgan fingerprint density at radius 2 is 1.76 bits per heavy atom. The molecule has 0 saturated heterocycles. The summed E-state index contributed by atoms with van der Waals surface area (Å²) in [5, 5.41) is 3.35. The Balaban J connectivity index is 2.48. The van der Waals surface area contributed by atoms with Gasteiger partial charge in [0.25, 0.3) is 0 Å². The molecule has 0 radical (unpaired) electrons. The first kappa shape index (κ1) is 15.0. The van der Waals surface area contributed by atoms with E-state index in [0.717, 1.165) is 24.4 Å². The molecule has 0 aliphatic heterocycles. The summed E-state index contributed by atoms with van der Waals surface area (Å²) in [6, 6.07) is 1.50. The van der Waals surface area contributed by atoms with E-state index >= 15 is 0 Å². The van der Waals surface area contributed by atoms with Crippen molar-refractivity contribution in [3.8, 4) is 0 Å². The number of hydrogen-bond acceptors (Lipinski definition) is 2. The number of hydrogen-bond donors (Lipinski definition) is 1. The van der Waals surface area contributed by atoms with Gasteiger partial charge < -0.3 is 5.32 Å². The third-order valence-electron chi connectivity index (χ3n) is 4.68. The van der Waals surface area contributed by atoms with Crippen molar-refractivity contribution >= 4 is 0 Å². The summed E-state index contributed by atoms with van der Waals surface area (Å²) in [5.74, 6) is 1.73. The Bertz CT molecular complexity index is 195. The molecule has 102 valence electrons. The lowest BCUT2D eigenvalue weighted by Crippen LogP contribution is -2.48. The molecule has 0 aromatic heterocycles. The van der Waals surface area contributed by atoms with Crippen molar-refractivity contribution in [3.63, 3.8) is 0 Å². The third-order valence-corrected chi connectivity index (χ3v) is 4.68. The average Bonchev–Trinajstić information content (AvgIpc) is 2.35. The van der Waals surface area contributed by atoms with Gasteiger partial charge in [0.2, 0.25) is 0 Å². The highest BCUT2D eigenvalue weighted by Gasteiger charge is 2.28. The summed E-state index contributed by atoms with van der Waals surface area (Å²) in [6.45, 7) is 8.14. The molecule has 0 heterocycles. The lowest BCUT2D eigenvalue weighted by molar-refractivity contribution is 0.0944. The van der Waals surface area contributed by atoms with Crippen molar-refractivity contribution < 1.29 is 0 Å². The van der Waals surface area contributed by atoms with Gasteiger partial charge in [-0.05, 0) is 51.6 Å². The van der Waals surface area contributed by atoms with Gasteiger partial charge in [-0.25, -0.2) is 0 Å². The summed E-state index contributed by atoms with van der Waals surface area (Å²) in [6.07, 6.45) is 7.07. The topological polar surface area (TPSA) is 15.3 Å². The number of likely N-dealkylation sites (N-methyl/N-ethyl adjacent to an activating group) is 2. The first-order valence-electron chi connectivity index (χ1n) is 7.46. The van der Waals surface area contributed by atoms with Crippen LogP contribution in [-0.4, -0.2) is 37.6 Å². The molecular weight excluding hydrogens is 208 g/mol. The minimum Gasteiger partial charge on any atom is -0.318 e. The van der Waals surface area contributed by atoms with Crippen molar-refractivity contribution in [3.05, 3.63) is 0 Å². The second-order valence-corrected chi connectivity index (χ2v) is 6.12. The molecule has 1 unspecified atom stereocenters. The van der Waals surface area contributed by atoms with Gasteiger partial charge in [0.1, 0.15) is 0 Å². The van der Waals surface area contributed by atoms with Crippen LogP contribution in [0, 0.1) is 11.8 Å². The van der Waals surface area contributed by atoms with Crippen LogP contribution in [0.4, 0.5) is 0 Å². The maximum atomic E-state index is 3.35. The summed E-state index contributed by atoms with van der Waals surface area (Å²) >= 11 is 0. The minimum absolute atomic E-state index is 0.683. The fourth-order valence-electron chi connectivity index (χ4n) is 3.29. The minimum atomic E-state index is 0.683. The maximum Gasteiger partial charge on any atom is 0.0243 e. The van der Waals surface area contributed by atoms with E-state index < -0.39 is 0 Å². The second kappa shape index (κ2) is 7.38. The molecule has 0 bridgehead atoms. The molecule has 2 nitrogen and oxygen atoms in total. The Morgan fingerprint density at radius 1 is 1.18 bits per heavy atom. The van der Waals surface area contributed by atoms with E-state index in [2.05, 4.69) is 45.1 Å². The zero-order valence-electron chi connectivity index (χ0n) is 12.5. The van der Waals surface area contributed by atoms with Gasteiger partial charge in [0, 0.05) is 18.6 Å². The van der Waals surface area contributed by atoms with E-state index in [-0.39, 0.29) is 0 Å². The van der Waals surface area contributed by atoms with E-state index in [0.29, 0.717) is 6.04 Å². The molecule has 1 saturated carbocycles. The molecule has 1 N–H and O–H groups in total. The standard InChI is InChI=1S/C15H32N2/c1-6-13-7-9-14(10-8-13)17(5)15(11-16-4)12(2)3/h12-16H,6-11H2,1-5H3. The van der Waals surface area contributed by atoms with Gasteiger partial charge in [0.05, 0.1) is 0 Å². The molecule has 1 aliphatic carbocycles. The van der Waals surface area contributed by atoms with Gasteiger partial charge >= 0.3 is 0 Å². The first-order chi connectivity index (χ1) is 8.10. The Labute approximate surface area is 108 Å². The molecule has 0 aromatic carbocycles. The summed E-state index contributed by atoms with van der Waals surface area (Å²) < 4.78 is 0. The second-order valence-electron chi connectivity index (χ2n) is 6.12. The molecule has 0 aromatic rings. The molecule has 1 atom stereocenters. The first-order valence-corrected chi connectivity index (χ1v) is 7.46. The average molecular weight is 240 g/mol. The van der Waals surface area contributed by atoms with Crippen molar-refractivity contribution in [2.75, 3.05) is 20.6 Å². The Hall–Kier alpha value is -0.0800. The fourth-order valence-corrected chi connectivity index (χ4v) is 3.29. The van der Waals surface area contributed by atoms with Crippen LogP contribution in [0.3, 0.4) is 0 Å². The van der Waals surface area contributed by atoms with Gasteiger partial charge in [0.15, 0.2) is 0 Å². The highest BCUT2D eigenvalue weighted by atomic mass is 15.2. The lowest BCUT2D eigenvalue weighted by Gasteiger charge is -2.40. The van der Waals surface area contributed by atoms with E-state index in [4.69, 9.17) is 0 Å². The molecule has 17 heavy (non-hydrogen) atoms. The van der Waals surface area contributed by atoms with Crippen molar-refractivity contribution in [1.82, 2.24) is 10.2 Å². The van der Waals surface area contributed by atoms with E-state index in [1.165, 1.54) is 32.1 Å². The van der Waals surface area contributed by atoms with Crippen molar-refractivity contribution in [1.29, 1.82) is 0 Å². The quantitative estimate of drug-likeness (QED) is 0.767. The monoisotopic (exact) mass is 240 g/mol. The SMILES string of the molecule is CCC1CCC(N(C)C(CNC)C(C)C)CC1. The zero-order valence-corrected chi connectivity index (χ0v) is 12.5. The lowest BCUT2D eigenvalue weighted by atomic mass is 9.83. The smallest absolute Gasteiger partial charge is 0.0243 e. The number of rotatable bonds is 6. The van der Waals surface area contributed by atoms with Gasteiger partial charge in [-0.15, -0.1) is 0 Å². The van der Waals surface area contributed by atoms with Crippen LogP contribution in [0.5, 0.6) is 0 Å². The van der Waals surface area contributed by atoms with Crippen molar-refractivity contribution in [2.45, 2.75) is 65.0 Å². The summed E-state index contributed by atoms with van der Waals surface area (Å²) in [7, 11) is 4.40.